The zero-order chi connectivity index (χ0) is 45.9. The number of rotatable bonds is 6. The summed E-state index contributed by atoms with van der Waals surface area (Å²) in [6, 6.07) is 76.7. The molecule has 7 heteroatoms. The number of benzene rings is 10. The van der Waals surface area contributed by atoms with Crippen molar-refractivity contribution in [1.29, 1.82) is 0 Å². The third-order valence-corrected chi connectivity index (χ3v) is 15.0. The van der Waals surface area contributed by atoms with Crippen LogP contribution in [0.1, 0.15) is 0 Å². The van der Waals surface area contributed by atoms with E-state index in [4.69, 9.17) is 23.8 Å². The van der Waals surface area contributed by atoms with Gasteiger partial charge in [0.15, 0.2) is 17.5 Å². The number of fused-ring (bicyclic) bond motifs is 12. The SMILES string of the molecule is c1ccc(-c2nc(-c3ccc4c(c3)c3ccccc3n4-c3ccccc3)nc(-c3cccc4oc5ccc(-c6c(-c7ccc8c(c7)sc7ccccc78)ccc7oc8ccccc8c67)cc5c34)n2)cc1. The molecule has 5 aromatic heterocycles. The highest BCUT2D eigenvalue weighted by Crippen LogP contribution is 2.47. The second-order valence-electron chi connectivity index (χ2n) is 17.9. The van der Waals surface area contributed by atoms with Gasteiger partial charge in [-0.1, -0.05) is 140 Å². The topological polar surface area (TPSA) is 69.9 Å². The van der Waals surface area contributed by atoms with Crippen LogP contribution < -0.4 is 0 Å². The molecule has 0 aliphatic rings. The summed E-state index contributed by atoms with van der Waals surface area (Å²) in [6.07, 6.45) is 0. The number of furan rings is 2. The van der Waals surface area contributed by atoms with Crippen molar-refractivity contribution >= 4 is 97.2 Å². The van der Waals surface area contributed by atoms with E-state index in [0.29, 0.717) is 17.5 Å². The molecule has 15 rings (SSSR count). The van der Waals surface area contributed by atoms with E-state index in [-0.39, 0.29) is 0 Å². The molecule has 70 heavy (non-hydrogen) atoms. The zero-order valence-electron chi connectivity index (χ0n) is 37.3. The lowest BCUT2D eigenvalue weighted by molar-refractivity contribution is 0.669. The molecule has 0 aliphatic carbocycles. The number of hydrogen-bond acceptors (Lipinski definition) is 6. The molecule has 0 unspecified atom stereocenters. The third kappa shape index (κ3) is 5.95. The molecular weight excluding hydrogens is 877 g/mol. The van der Waals surface area contributed by atoms with Crippen molar-refractivity contribution < 1.29 is 8.83 Å². The van der Waals surface area contributed by atoms with Crippen molar-refractivity contribution in [2.24, 2.45) is 0 Å². The average Bonchev–Trinajstić information content (AvgIpc) is 4.19. The van der Waals surface area contributed by atoms with Crippen LogP contribution in [0.3, 0.4) is 0 Å². The largest absolute Gasteiger partial charge is 0.456 e. The third-order valence-electron chi connectivity index (χ3n) is 13.9. The molecule has 0 amide bonds. The summed E-state index contributed by atoms with van der Waals surface area (Å²) in [5.74, 6) is 1.75. The lowest BCUT2D eigenvalue weighted by Crippen LogP contribution is -2.00. The van der Waals surface area contributed by atoms with Crippen LogP contribution in [0.2, 0.25) is 0 Å². The lowest BCUT2D eigenvalue weighted by atomic mass is 9.89. The summed E-state index contributed by atoms with van der Waals surface area (Å²) in [4.78, 5) is 15.8. The second kappa shape index (κ2) is 15.2. The van der Waals surface area contributed by atoms with E-state index in [9.17, 15) is 0 Å². The summed E-state index contributed by atoms with van der Waals surface area (Å²) in [5.41, 5.74) is 13.7. The van der Waals surface area contributed by atoms with E-state index in [2.05, 4.69) is 187 Å². The monoisotopic (exact) mass is 912 g/mol. The summed E-state index contributed by atoms with van der Waals surface area (Å²) in [5, 5.41) is 8.90. The number of aromatic nitrogens is 4. The molecule has 326 valence electrons. The minimum absolute atomic E-state index is 0.564. The molecular formula is C63H36N4O2S. The fraction of sp³-hybridized carbons (Fsp3) is 0. The molecule has 15 aromatic rings. The van der Waals surface area contributed by atoms with Crippen LogP contribution in [0.5, 0.6) is 0 Å². The van der Waals surface area contributed by atoms with Crippen molar-refractivity contribution in [1.82, 2.24) is 19.5 Å². The quantitative estimate of drug-likeness (QED) is 0.166. The van der Waals surface area contributed by atoms with Crippen LogP contribution in [0.15, 0.2) is 227 Å². The van der Waals surface area contributed by atoms with E-state index < -0.39 is 0 Å². The van der Waals surface area contributed by atoms with Crippen LogP contribution in [0, 0.1) is 0 Å². The molecule has 6 nitrogen and oxygen atoms in total. The van der Waals surface area contributed by atoms with E-state index >= 15 is 0 Å². The standard InChI is InChI=1S/C63H36N4O2S/c1-3-14-37(15-4-1)61-64-62(40-27-31-51-48(35-40)43-18-7-10-22-50(43)67(51)41-16-5-2-6-17-41)66-63(65-61)47-21-13-24-54-59(47)49-34-39(28-32-53(49)69-54)58-42(30-33-55-60(58)46-20-8-11-23-52(46)68-55)38-26-29-45-44-19-9-12-25-56(44)70-57(45)36-38/h1-36H. The van der Waals surface area contributed by atoms with Gasteiger partial charge in [-0.3, -0.25) is 0 Å². The molecule has 5 heterocycles. The molecule has 0 fully saturated rings. The smallest absolute Gasteiger partial charge is 0.164 e. The second-order valence-corrected chi connectivity index (χ2v) is 18.9. The van der Waals surface area contributed by atoms with E-state index in [1.165, 1.54) is 20.2 Å². The van der Waals surface area contributed by atoms with Gasteiger partial charge in [0, 0.05) is 80.4 Å². The maximum Gasteiger partial charge on any atom is 0.164 e. The van der Waals surface area contributed by atoms with Gasteiger partial charge >= 0.3 is 0 Å². The van der Waals surface area contributed by atoms with Gasteiger partial charge in [-0.05, 0) is 95.6 Å². The van der Waals surface area contributed by atoms with Crippen molar-refractivity contribution in [2.45, 2.75) is 0 Å². The number of nitrogens with zero attached hydrogens (tertiary/aromatic N) is 4. The van der Waals surface area contributed by atoms with Gasteiger partial charge < -0.3 is 13.4 Å². The Morgan fingerprint density at radius 3 is 1.81 bits per heavy atom. The Morgan fingerprint density at radius 2 is 0.943 bits per heavy atom. The first-order chi connectivity index (χ1) is 34.7. The molecule has 0 bridgehead atoms. The van der Waals surface area contributed by atoms with E-state index in [0.717, 1.165) is 110 Å². The summed E-state index contributed by atoms with van der Waals surface area (Å²) in [6.45, 7) is 0. The van der Waals surface area contributed by atoms with Gasteiger partial charge in [-0.2, -0.15) is 0 Å². The van der Waals surface area contributed by atoms with E-state index in [1.807, 2.05) is 47.7 Å². The Balaban J connectivity index is 0.945. The maximum absolute atomic E-state index is 6.71. The first-order valence-electron chi connectivity index (χ1n) is 23.4. The first-order valence-corrected chi connectivity index (χ1v) is 24.2. The highest BCUT2D eigenvalue weighted by atomic mass is 32.1. The fourth-order valence-corrected chi connectivity index (χ4v) is 11.9. The molecule has 0 radical (unpaired) electrons. The van der Waals surface area contributed by atoms with Crippen LogP contribution in [0.25, 0.3) is 148 Å². The fourth-order valence-electron chi connectivity index (χ4n) is 10.7. The first kappa shape index (κ1) is 38.9. The van der Waals surface area contributed by atoms with Gasteiger partial charge in [-0.15, -0.1) is 11.3 Å². The maximum atomic E-state index is 6.71. The van der Waals surface area contributed by atoms with Crippen LogP contribution in [-0.4, -0.2) is 19.5 Å². The number of hydrogen-bond donors (Lipinski definition) is 0. The Morgan fingerprint density at radius 1 is 0.329 bits per heavy atom. The molecule has 0 N–H and O–H groups in total. The van der Waals surface area contributed by atoms with Crippen LogP contribution >= 0.6 is 11.3 Å². The van der Waals surface area contributed by atoms with Gasteiger partial charge in [0.2, 0.25) is 0 Å². The highest BCUT2D eigenvalue weighted by molar-refractivity contribution is 7.25. The summed E-state index contributed by atoms with van der Waals surface area (Å²) in [7, 11) is 0. The average molecular weight is 913 g/mol. The van der Waals surface area contributed by atoms with Crippen molar-refractivity contribution in [3.05, 3.63) is 218 Å². The predicted molar refractivity (Wildman–Crippen MR) is 289 cm³/mol. The number of thiophene rings is 1. The molecule has 0 saturated carbocycles. The van der Waals surface area contributed by atoms with Gasteiger partial charge in [0.1, 0.15) is 22.3 Å². The Kier molecular flexibility index (Phi) is 8.43. The van der Waals surface area contributed by atoms with Crippen molar-refractivity contribution in [3.63, 3.8) is 0 Å². The molecule has 0 aliphatic heterocycles. The van der Waals surface area contributed by atoms with E-state index in [1.54, 1.807) is 0 Å². The Bertz CT molecular complexity index is 4600. The lowest BCUT2D eigenvalue weighted by Gasteiger charge is -2.13. The minimum atomic E-state index is 0.564. The normalized spacial score (nSPS) is 12.0. The molecule has 10 aromatic carbocycles. The van der Waals surface area contributed by atoms with Gasteiger partial charge in [0.25, 0.3) is 0 Å². The molecule has 0 saturated heterocycles. The van der Waals surface area contributed by atoms with Crippen molar-refractivity contribution in [2.75, 3.05) is 0 Å². The Labute approximate surface area is 404 Å². The summed E-state index contributed by atoms with van der Waals surface area (Å²) >= 11 is 1.84. The zero-order valence-corrected chi connectivity index (χ0v) is 38.1. The molecule has 0 atom stereocenters. The summed E-state index contributed by atoms with van der Waals surface area (Å²) < 4.78 is 18.1. The minimum Gasteiger partial charge on any atom is -0.456 e. The van der Waals surface area contributed by atoms with Crippen molar-refractivity contribution in [3.8, 4) is 62.1 Å². The molecule has 0 spiro atoms. The highest BCUT2D eigenvalue weighted by Gasteiger charge is 2.23. The van der Waals surface area contributed by atoms with Gasteiger partial charge in [0.05, 0.1) is 11.0 Å². The van der Waals surface area contributed by atoms with Crippen LogP contribution in [-0.2, 0) is 0 Å². The Hall–Kier alpha value is -9.17. The van der Waals surface area contributed by atoms with Gasteiger partial charge in [-0.25, -0.2) is 15.0 Å². The predicted octanol–water partition coefficient (Wildman–Crippen LogP) is 17.5. The van der Waals surface area contributed by atoms with Crippen LogP contribution in [0.4, 0.5) is 0 Å². The number of para-hydroxylation sites is 3.